The van der Waals surface area contributed by atoms with Gasteiger partial charge in [-0.2, -0.15) is 0 Å². The molecule has 0 N–H and O–H groups in total. The summed E-state index contributed by atoms with van der Waals surface area (Å²) in [5, 5.41) is 10.7. The van der Waals surface area contributed by atoms with E-state index in [1.165, 1.54) is 24.3 Å². The van der Waals surface area contributed by atoms with Gasteiger partial charge in [0.2, 0.25) is 6.10 Å². The third-order valence-electron chi connectivity index (χ3n) is 4.05. The van der Waals surface area contributed by atoms with Crippen molar-refractivity contribution in [3.05, 3.63) is 70.3 Å². The molecule has 0 unspecified atom stereocenters. The Morgan fingerprint density at radius 1 is 1.04 bits per heavy atom. The first-order valence-electron chi connectivity index (χ1n) is 7.90. The standard InChI is InChI=1S/C18H18N2O4/c21-18(19-12-4-5-13-19)17(14-6-2-1-3-7-14)24-16-10-8-15(9-11-16)20(22)23/h1-3,6-11,17H,4-5,12-13H2/t17-/m0/s1. The molecule has 1 atom stereocenters. The first kappa shape index (κ1) is 16.0. The lowest BCUT2D eigenvalue weighted by Gasteiger charge is -2.24. The second-order valence-corrected chi connectivity index (χ2v) is 5.69. The third-order valence-corrected chi connectivity index (χ3v) is 4.05. The highest BCUT2D eigenvalue weighted by Crippen LogP contribution is 2.27. The Hall–Kier alpha value is -2.89. The van der Waals surface area contributed by atoms with Crippen LogP contribution in [0.5, 0.6) is 5.75 Å². The predicted octanol–water partition coefficient (Wildman–Crippen LogP) is 3.34. The van der Waals surface area contributed by atoms with Crippen LogP contribution < -0.4 is 4.74 Å². The first-order valence-corrected chi connectivity index (χ1v) is 7.90. The van der Waals surface area contributed by atoms with E-state index >= 15 is 0 Å². The molecule has 1 aliphatic heterocycles. The number of rotatable bonds is 5. The van der Waals surface area contributed by atoms with Crippen LogP contribution in [0.3, 0.4) is 0 Å². The van der Waals surface area contributed by atoms with E-state index in [1.54, 1.807) is 0 Å². The van der Waals surface area contributed by atoms with E-state index in [9.17, 15) is 14.9 Å². The number of hydrogen-bond acceptors (Lipinski definition) is 4. The lowest BCUT2D eigenvalue weighted by atomic mass is 10.1. The topological polar surface area (TPSA) is 72.7 Å². The molecule has 124 valence electrons. The molecule has 0 radical (unpaired) electrons. The van der Waals surface area contributed by atoms with Gasteiger partial charge in [-0.1, -0.05) is 30.3 Å². The largest absolute Gasteiger partial charge is 0.476 e. The summed E-state index contributed by atoms with van der Waals surface area (Å²) in [5.41, 5.74) is 0.761. The van der Waals surface area contributed by atoms with Crippen molar-refractivity contribution in [1.29, 1.82) is 0 Å². The molecule has 3 rings (SSSR count). The third kappa shape index (κ3) is 3.53. The number of likely N-dealkylation sites (tertiary alicyclic amines) is 1. The average molecular weight is 326 g/mol. The van der Waals surface area contributed by atoms with Crippen LogP contribution in [0.15, 0.2) is 54.6 Å². The molecule has 0 aromatic heterocycles. The predicted molar refractivity (Wildman–Crippen MR) is 88.7 cm³/mol. The smallest absolute Gasteiger partial charge is 0.269 e. The molecule has 1 heterocycles. The Labute approximate surface area is 139 Å². The van der Waals surface area contributed by atoms with E-state index in [-0.39, 0.29) is 11.6 Å². The molecule has 6 nitrogen and oxygen atoms in total. The Kier molecular flexibility index (Phi) is 4.74. The number of non-ortho nitro benzene ring substituents is 1. The molecule has 24 heavy (non-hydrogen) atoms. The molecule has 0 saturated carbocycles. The minimum Gasteiger partial charge on any atom is -0.476 e. The molecule has 2 aromatic carbocycles. The molecule has 1 aliphatic rings. The number of nitro groups is 1. The van der Waals surface area contributed by atoms with Crippen LogP contribution in [-0.2, 0) is 4.79 Å². The summed E-state index contributed by atoms with van der Waals surface area (Å²) in [6.45, 7) is 1.48. The normalized spacial score (nSPS) is 15.1. The maximum atomic E-state index is 12.8. The molecule has 0 bridgehead atoms. The molecule has 0 spiro atoms. The Balaban J connectivity index is 1.84. The molecule has 6 heteroatoms. The van der Waals surface area contributed by atoms with Crippen LogP contribution in [0.4, 0.5) is 5.69 Å². The first-order chi connectivity index (χ1) is 11.6. The van der Waals surface area contributed by atoms with E-state index in [0.29, 0.717) is 5.75 Å². The zero-order valence-corrected chi connectivity index (χ0v) is 13.1. The summed E-state index contributed by atoms with van der Waals surface area (Å²) < 4.78 is 5.90. The highest BCUT2D eigenvalue weighted by atomic mass is 16.6. The highest BCUT2D eigenvalue weighted by molar-refractivity contribution is 5.83. The monoisotopic (exact) mass is 326 g/mol. The summed E-state index contributed by atoms with van der Waals surface area (Å²) in [6.07, 6.45) is 1.26. The number of carbonyl (C=O) groups is 1. The highest BCUT2D eigenvalue weighted by Gasteiger charge is 2.29. The summed E-state index contributed by atoms with van der Waals surface area (Å²) in [6, 6.07) is 15.1. The lowest BCUT2D eigenvalue weighted by Crippen LogP contribution is -2.35. The van der Waals surface area contributed by atoms with Crippen LogP contribution >= 0.6 is 0 Å². The number of nitrogens with zero attached hydrogens (tertiary/aromatic N) is 2. The van der Waals surface area contributed by atoms with Gasteiger partial charge in [0, 0.05) is 30.8 Å². The molecule has 1 amide bonds. The van der Waals surface area contributed by atoms with Crippen LogP contribution in [0.25, 0.3) is 0 Å². The van der Waals surface area contributed by atoms with Gasteiger partial charge < -0.3 is 9.64 Å². The Morgan fingerprint density at radius 2 is 1.67 bits per heavy atom. The maximum absolute atomic E-state index is 12.8. The van der Waals surface area contributed by atoms with Crippen molar-refractivity contribution >= 4 is 11.6 Å². The van der Waals surface area contributed by atoms with Gasteiger partial charge in [0.05, 0.1) is 4.92 Å². The number of ether oxygens (including phenoxy) is 1. The Morgan fingerprint density at radius 3 is 2.25 bits per heavy atom. The van der Waals surface area contributed by atoms with Crippen LogP contribution in [0.1, 0.15) is 24.5 Å². The van der Waals surface area contributed by atoms with Crippen molar-refractivity contribution in [2.75, 3.05) is 13.1 Å². The van der Waals surface area contributed by atoms with Crippen molar-refractivity contribution in [3.63, 3.8) is 0 Å². The molecule has 0 aliphatic carbocycles. The fraction of sp³-hybridized carbons (Fsp3) is 0.278. The summed E-state index contributed by atoms with van der Waals surface area (Å²) in [4.78, 5) is 24.9. The molecular formula is C18H18N2O4. The van der Waals surface area contributed by atoms with Crippen molar-refractivity contribution < 1.29 is 14.5 Å². The van der Waals surface area contributed by atoms with Gasteiger partial charge >= 0.3 is 0 Å². The van der Waals surface area contributed by atoms with Crippen molar-refractivity contribution in [1.82, 2.24) is 4.90 Å². The van der Waals surface area contributed by atoms with Gasteiger partial charge in [0.25, 0.3) is 11.6 Å². The zero-order valence-electron chi connectivity index (χ0n) is 13.1. The number of hydrogen-bond donors (Lipinski definition) is 0. The Bertz CT molecular complexity index is 710. The van der Waals surface area contributed by atoms with Gasteiger partial charge in [-0.25, -0.2) is 0 Å². The van der Waals surface area contributed by atoms with E-state index < -0.39 is 11.0 Å². The number of benzene rings is 2. The molecule has 2 aromatic rings. The van der Waals surface area contributed by atoms with E-state index in [1.807, 2.05) is 35.2 Å². The van der Waals surface area contributed by atoms with Crippen molar-refractivity contribution in [3.8, 4) is 5.75 Å². The summed E-state index contributed by atoms with van der Waals surface area (Å²) in [5.74, 6) is 0.360. The van der Waals surface area contributed by atoms with E-state index in [0.717, 1.165) is 31.5 Å². The van der Waals surface area contributed by atoms with Gasteiger partial charge in [0.1, 0.15) is 5.75 Å². The summed E-state index contributed by atoms with van der Waals surface area (Å²) >= 11 is 0. The average Bonchev–Trinajstić information content (AvgIpc) is 3.15. The van der Waals surface area contributed by atoms with Crippen LogP contribution in [0, 0.1) is 10.1 Å². The second-order valence-electron chi connectivity index (χ2n) is 5.69. The van der Waals surface area contributed by atoms with Gasteiger partial charge in [-0.3, -0.25) is 14.9 Å². The number of carbonyl (C=O) groups excluding carboxylic acids is 1. The fourth-order valence-electron chi connectivity index (χ4n) is 2.77. The van der Waals surface area contributed by atoms with Gasteiger partial charge in [-0.15, -0.1) is 0 Å². The molecular weight excluding hydrogens is 308 g/mol. The zero-order chi connectivity index (χ0) is 16.9. The quantitative estimate of drug-likeness (QED) is 0.624. The van der Waals surface area contributed by atoms with E-state index in [2.05, 4.69) is 0 Å². The van der Waals surface area contributed by atoms with Crippen LogP contribution in [-0.4, -0.2) is 28.8 Å². The fourth-order valence-corrected chi connectivity index (χ4v) is 2.77. The lowest BCUT2D eigenvalue weighted by molar-refractivity contribution is -0.384. The van der Waals surface area contributed by atoms with Gasteiger partial charge in [-0.05, 0) is 25.0 Å². The van der Waals surface area contributed by atoms with Crippen molar-refractivity contribution in [2.24, 2.45) is 0 Å². The van der Waals surface area contributed by atoms with E-state index in [4.69, 9.17) is 4.74 Å². The number of nitro benzene ring substituents is 1. The SMILES string of the molecule is O=C([C@@H](Oc1ccc([N+](=O)[O-])cc1)c1ccccc1)N1CCCC1. The van der Waals surface area contributed by atoms with Crippen LogP contribution in [0.2, 0.25) is 0 Å². The minimum absolute atomic E-state index is 0.00974. The molecule has 1 saturated heterocycles. The van der Waals surface area contributed by atoms with Crippen molar-refractivity contribution in [2.45, 2.75) is 18.9 Å². The second kappa shape index (κ2) is 7.12. The minimum atomic E-state index is -0.745. The summed E-state index contributed by atoms with van der Waals surface area (Å²) in [7, 11) is 0. The van der Waals surface area contributed by atoms with Gasteiger partial charge in [0.15, 0.2) is 0 Å². The number of amides is 1. The maximum Gasteiger partial charge on any atom is 0.269 e. The molecule has 1 fully saturated rings.